The summed E-state index contributed by atoms with van der Waals surface area (Å²) in [6, 6.07) is 7.16. The van der Waals surface area contributed by atoms with Crippen LogP contribution in [0.4, 0.5) is 8.78 Å². The highest BCUT2D eigenvalue weighted by Crippen LogP contribution is 2.16. The summed E-state index contributed by atoms with van der Waals surface area (Å²) in [5.41, 5.74) is 1.92. The van der Waals surface area contributed by atoms with Crippen LogP contribution in [0.25, 0.3) is 0 Å². The van der Waals surface area contributed by atoms with Crippen LogP contribution in [-0.2, 0) is 9.68 Å². The Morgan fingerprint density at radius 2 is 1.34 bits per heavy atom. The zero-order valence-corrected chi connectivity index (χ0v) is 18.7. The average Bonchev–Trinajstić information content (AvgIpc) is 2.70. The van der Waals surface area contributed by atoms with Gasteiger partial charge in [0.1, 0.15) is 11.6 Å². The van der Waals surface area contributed by atoms with Gasteiger partial charge in [0, 0.05) is 24.1 Å². The highest BCUT2D eigenvalue weighted by Gasteiger charge is 2.16. The number of benzene rings is 2. The smallest absolute Gasteiger partial charge is 0.338 e. The van der Waals surface area contributed by atoms with E-state index in [2.05, 4.69) is 15.2 Å². The van der Waals surface area contributed by atoms with Gasteiger partial charge in [-0.3, -0.25) is 9.63 Å². The molecule has 12 heteroatoms. The monoisotopic (exact) mass is 520 g/mol. The fourth-order valence-corrected chi connectivity index (χ4v) is 1.92. The Bertz CT molecular complexity index is 828. The summed E-state index contributed by atoms with van der Waals surface area (Å²) in [4.78, 5) is 30.7. The van der Waals surface area contributed by atoms with E-state index in [0.29, 0.717) is 5.02 Å². The molecule has 32 heavy (non-hydrogen) atoms. The molecule has 0 aliphatic carbocycles. The molecule has 0 aliphatic heterocycles. The molecule has 0 saturated heterocycles. The summed E-state index contributed by atoms with van der Waals surface area (Å²) < 4.78 is 25.7. The second-order valence-corrected chi connectivity index (χ2v) is 5.82. The molecule has 0 heterocycles. The largest absolute Gasteiger partial charge is 0.478 e. The molecule has 2 aromatic rings. The Morgan fingerprint density at radius 3 is 1.66 bits per heavy atom. The molecule has 2 aromatic carbocycles. The van der Waals surface area contributed by atoms with Crippen LogP contribution in [0, 0.1) is 11.6 Å². The first-order chi connectivity index (χ1) is 13.6. The van der Waals surface area contributed by atoms with Crippen molar-refractivity contribution in [3.8, 4) is 0 Å². The Labute approximate surface area is 203 Å². The van der Waals surface area contributed by atoms with Crippen LogP contribution in [0.2, 0.25) is 10.0 Å². The van der Waals surface area contributed by atoms with Crippen molar-refractivity contribution in [3.05, 3.63) is 69.2 Å². The number of carboxylic acids is 1. The molecule has 0 aromatic heterocycles. The second kappa shape index (κ2) is 19.7. The van der Waals surface area contributed by atoms with Gasteiger partial charge < -0.3 is 9.94 Å². The van der Waals surface area contributed by atoms with Crippen LogP contribution >= 0.6 is 35.6 Å². The van der Waals surface area contributed by atoms with Crippen molar-refractivity contribution in [1.82, 2.24) is 10.5 Å². The summed E-state index contributed by atoms with van der Waals surface area (Å²) in [6.45, 7) is 0. The molecule has 2 N–H and O–H groups in total. The van der Waals surface area contributed by atoms with Gasteiger partial charge in [0.2, 0.25) is 0 Å². The minimum atomic E-state index is -1.31. The molecule has 7 nitrogen and oxygen atoms in total. The van der Waals surface area contributed by atoms with Crippen LogP contribution in [0.3, 0.4) is 0 Å². The van der Waals surface area contributed by atoms with Gasteiger partial charge in [-0.2, -0.15) is 0 Å². The summed E-state index contributed by atoms with van der Waals surface area (Å²) in [5.74, 6) is -3.29. The van der Waals surface area contributed by atoms with E-state index in [9.17, 15) is 18.4 Å². The van der Waals surface area contributed by atoms with Crippen LogP contribution < -0.4 is 5.48 Å². The lowest BCUT2D eigenvalue weighted by atomic mass is 10.2. The minimum Gasteiger partial charge on any atom is -0.478 e. The van der Waals surface area contributed by atoms with Crippen molar-refractivity contribution in [3.63, 3.8) is 0 Å². The predicted octanol–water partition coefficient (Wildman–Crippen LogP) is 5.75. The van der Waals surface area contributed by atoms with E-state index in [1.54, 1.807) is 14.2 Å². The van der Waals surface area contributed by atoms with Gasteiger partial charge in [-0.25, -0.2) is 24.1 Å². The van der Waals surface area contributed by atoms with E-state index in [4.69, 9.17) is 28.3 Å². The fraction of sp³-hybridized carbons (Fsp3) is 0.300. The standard InChI is InChI=1S/C9H9ClFNO2.C7H4ClFO2.C2H7NO.2CH4.ClH/c1-12(14-2)9(13)7-5-6(10)3-4-8(7)11;8-4-1-2-6(9)5(3-4)7(10)11;1-3-4-2;;;/h3-5H,1-2H3;1-3H,(H,10,11);3H,1-2H3;2*1H4;1H. The van der Waals surface area contributed by atoms with E-state index >= 15 is 0 Å². The first-order valence-electron chi connectivity index (χ1n) is 7.74. The minimum absolute atomic E-state index is 0. The molecule has 184 valence electrons. The van der Waals surface area contributed by atoms with Crippen molar-refractivity contribution < 1.29 is 33.2 Å². The molecule has 0 saturated carbocycles. The Hall–Kier alpha value is -2.01. The van der Waals surface area contributed by atoms with E-state index in [1.165, 1.54) is 32.4 Å². The lowest BCUT2D eigenvalue weighted by molar-refractivity contribution is -0.0759. The number of nitrogens with zero attached hydrogens (tertiary/aromatic N) is 1. The van der Waals surface area contributed by atoms with Crippen LogP contribution in [0.1, 0.15) is 35.6 Å². The summed E-state index contributed by atoms with van der Waals surface area (Å²) in [5, 5.41) is 9.83. The van der Waals surface area contributed by atoms with Gasteiger partial charge in [-0.1, -0.05) is 38.1 Å². The molecule has 0 unspecified atom stereocenters. The third-order valence-corrected chi connectivity index (χ3v) is 3.55. The number of halogens is 5. The van der Waals surface area contributed by atoms with E-state index < -0.39 is 29.1 Å². The Morgan fingerprint density at radius 1 is 0.969 bits per heavy atom. The number of aromatic carboxylic acids is 1. The first kappa shape index (κ1) is 37.3. The van der Waals surface area contributed by atoms with Gasteiger partial charge in [-0.05, 0) is 36.4 Å². The number of carbonyl (C=O) groups is 2. The molecular formula is C20H29Cl3F2N2O5. The number of hydrogen-bond donors (Lipinski definition) is 2. The van der Waals surface area contributed by atoms with Crippen molar-refractivity contribution in [2.75, 3.05) is 28.3 Å². The van der Waals surface area contributed by atoms with E-state index in [0.717, 1.165) is 23.3 Å². The molecule has 1 amide bonds. The molecule has 0 aliphatic rings. The van der Waals surface area contributed by atoms with Crippen molar-refractivity contribution in [2.45, 2.75) is 14.9 Å². The molecule has 0 bridgehead atoms. The van der Waals surface area contributed by atoms with Gasteiger partial charge in [0.05, 0.1) is 25.3 Å². The molecule has 0 spiro atoms. The van der Waals surface area contributed by atoms with Gasteiger partial charge in [0.15, 0.2) is 0 Å². The molecule has 2 rings (SSSR count). The number of nitrogens with one attached hydrogen (secondary N) is 1. The zero-order valence-electron chi connectivity index (χ0n) is 16.4. The molecule has 0 radical (unpaired) electrons. The average molecular weight is 522 g/mol. The van der Waals surface area contributed by atoms with Gasteiger partial charge in [0.25, 0.3) is 5.91 Å². The topological polar surface area (TPSA) is 88.1 Å². The number of rotatable bonds is 4. The van der Waals surface area contributed by atoms with Gasteiger partial charge >= 0.3 is 5.97 Å². The highest BCUT2D eigenvalue weighted by molar-refractivity contribution is 6.31. The van der Waals surface area contributed by atoms with E-state index in [-0.39, 0.29) is 37.8 Å². The van der Waals surface area contributed by atoms with Crippen LogP contribution in [-0.4, -0.2) is 50.4 Å². The summed E-state index contributed by atoms with van der Waals surface area (Å²) in [6.07, 6.45) is 0. The van der Waals surface area contributed by atoms with E-state index in [1.807, 2.05) is 0 Å². The number of hydroxylamine groups is 3. The summed E-state index contributed by atoms with van der Waals surface area (Å²) >= 11 is 11.1. The van der Waals surface area contributed by atoms with Crippen molar-refractivity contribution in [1.29, 1.82) is 0 Å². The summed E-state index contributed by atoms with van der Waals surface area (Å²) in [7, 11) is 5.99. The number of carbonyl (C=O) groups excluding carboxylic acids is 1. The van der Waals surface area contributed by atoms with Crippen LogP contribution in [0.15, 0.2) is 36.4 Å². The van der Waals surface area contributed by atoms with Crippen LogP contribution in [0.5, 0.6) is 0 Å². The highest BCUT2D eigenvalue weighted by atomic mass is 35.5. The molecule has 0 fully saturated rings. The lowest BCUT2D eigenvalue weighted by Crippen LogP contribution is -2.26. The Balaban J connectivity index is -0.000000197. The number of amides is 1. The van der Waals surface area contributed by atoms with Gasteiger partial charge in [-0.15, -0.1) is 12.4 Å². The zero-order chi connectivity index (χ0) is 22.6. The van der Waals surface area contributed by atoms with Crippen molar-refractivity contribution in [2.24, 2.45) is 0 Å². The third-order valence-electron chi connectivity index (χ3n) is 3.08. The quantitative estimate of drug-likeness (QED) is 0.498. The third kappa shape index (κ3) is 13.4. The predicted molar refractivity (Wildman–Crippen MR) is 126 cm³/mol. The number of hydrogen-bond acceptors (Lipinski definition) is 5. The fourth-order valence-electron chi connectivity index (χ4n) is 1.58. The maximum absolute atomic E-state index is 13.2. The maximum atomic E-state index is 13.2. The SMILES string of the molecule is C.C.CNOC.CON(C)C(=O)c1cc(Cl)ccc1F.Cl.O=C(O)c1cc(Cl)ccc1F. The lowest BCUT2D eigenvalue weighted by Gasteiger charge is -2.13. The normalized spacial score (nSPS) is 8.62. The van der Waals surface area contributed by atoms with Crippen molar-refractivity contribution >= 4 is 47.5 Å². The first-order valence-corrected chi connectivity index (χ1v) is 8.49. The maximum Gasteiger partial charge on any atom is 0.338 e. The molecular weight excluding hydrogens is 493 g/mol. The number of carboxylic acid groups (broad SMARTS) is 1. The second-order valence-electron chi connectivity index (χ2n) is 4.95. The Kier molecular flexibility index (Phi) is 22.9. The molecule has 0 atom stereocenters.